The average molecular weight is 491 g/mol. The van der Waals surface area contributed by atoms with Crippen LogP contribution in [0, 0.1) is 0 Å². The molecule has 2 atom stereocenters. The van der Waals surface area contributed by atoms with Crippen molar-refractivity contribution in [1.82, 2.24) is 10.2 Å². The average Bonchev–Trinajstić information content (AvgIpc) is 3.19. The molecule has 1 aliphatic carbocycles. The molecule has 1 heterocycles. The minimum Gasteiger partial charge on any atom is -0.492 e. The summed E-state index contributed by atoms with van der Waals surface area (Å²) >= 11 is 0. The van der Waals surface area contributed by atoms with Crippen molar-refractivity contribution in [1.29, 1.82) is 0 Å². The largest absolute Gasteiger partial charge is 0.492 e. The molecule has 0 bridgehead atoms. The van der Waals surface area contributed by atoms with Crippen LogP contribution in [0.3, 0.4) is 0 Å². The zero-order valence-corrected chi connectivity index (χ0v) is 20.4. The number of aryl methyl sites for hydroxylation is 1. The Hall–Kier alpha value is -2.38. The van der Waals surface area contributed by atoms with Gasteiger partial charge in [-0.05, 0) is 84.7 Å². The maximum Gasteiger partial charge on any atom is 0.401 e. The highest BCUT2D eigenvalue weighted by atomic mass is 19.4. The van der Waals surface area contributed by atoms with Crippen LogP contribution in [0.4, 0.5) is 17.6 Å². The van der Waals surface area contributed by atoms with Crippen LogP contribution < -0.4 is 10.1 Å². The molecule has 1 N–H and O–H groups in total. The van der Waals surface area contributed by atoms with E-state index in [1.807, 2.05) is 44.2 Å². The number of fused-ring (bicyclic) bond motifs is 2. The van der Waals surface area contributed by atoms with Gasteiger partial charge in [-0.3, -0.25) is 9.29 Å². The Kier molecular flexibility index (Phi) is 8.17. The molecule has 2 aromatic rings. The molecular weight excluding hydrogens is 456 g/mol. The Labute approximate surface area is 205 Å². The lowest BCUT2D eigenvalue weighted by Gasteiger charge is -2.43. The number of ether oxygens (including phenoxy) is 1. The number of alkyl halides is 4. The molecule has 35 heavy (non-hydrogen) atoms. The number of halogens is 4. The third-order valence-corrected chi connectivity index (χ3v) is 7.03. The van der Waals surface area contributed by atoms with Crippen molar-refractivity contribution in [3.63, 3.8) is 0 Å². The minimum atomic E-state index is -4.29. The molecule has 1 aliphatic heterocycles. The van der Waals surface area contributed by atoms with E-state index in [4.69, 9.17) is 4.74 Å². The Balaban J connectivity index is 1.68. The van der Waals surface area contributed by atoms with Gasteiger partial charge in [0.25, 0.3) is 0 Å². The molecule has 0 spiro atoms. The molecular formula is C28H34F4N2O. The van der Waals surface area contributed by atoms with Gasteiger partial charge < -0.3 is 10.1 Å². The number of nitrogens with one attached hydrogen (secondary N) is 1. The van der Waals surface area contributed by atoms with Crippen LogP contribution in [0.5, 0.6) is 5.75 Å². The summed E-state index contributed by atoms with van der Waals surface area (Å²) < 4.78 is 59.4. The molecule has 0 amide bonds. The zero-order valence-electron chi connectivity index (χ0n) is 20.4. The van der Waals surface area contributed by atoms with Crippen molar-refractivity contribution in [3.05, 3.63) is 70.3 Å². The van der Waals surface area contributed by atoms with Crippen molar-refractivity contribution >= 4 is 5.57 Å². The molecule has 190 valence electrons. The summed E-state index contributed by atoms with van der Waals surface area (Å²) in [6.45, 7) is 4.21. The lowest BCUT2D eigenvalue weighted by molar-refractivity contribution is -0.155. The van der Waals surface area contributed by atoms with E-state index in [-0.39, 0.29) is 12.7 Å². The fraction of sp³-hybridized carbons (Fsp3) is 0.500. The standard InChI is InChI=1S/C28H34F4N2O/c1-3-20-9-10-22(35-14-13-33-12-6-11-29)17-24(20)27-26-16-21-7-4-5-8-23(21)25(26)15-19(2)34(27)18-28(30,31)32/h4-5,7-10,17,19,27,33H,3,6,11-16,18H2,1-2H3/t19-,27-/m1/s1. The third kappa shape index (κ3) is 5.89. The fourth-order valence-corrected chi connectivity index (χ4v) is 5.44. The second kappa shape index (κ2) is 11.1. The van der Waals surface area contributed by atoms with E-state index in [2.05, 4.69) is 17.4 Å². The number of hydrogen-bond acceptors (Lipinski definition) is 3. The van der Waals surface area contributed by atoms with Crippen LogP contribution in [0.15, 0.2) is 48.0 Å². The van der Waals surface area contributed by atoms with Crippen molar-refractivity contribution in [2.45, 2.75) is 57.8 Å². The molecule has 0 saturated heterocycles. The predicted molar refractivity (Wildman–Crippen MR) is 131 cm³/mol. The van der Waals surface area contributed by atoms with Gasteiger partial charge in [-0.25, -0.2) is 0 Å². The van der Waals surface area contributed by atoms with Gasteiger partial charge in [0, 0.05) is 12.6 Å². The smallest absolute Gasteiger partial charge is 0.401 e. The van der Waals surface area contributed by atoms with Crippen molar-refractivity contribution < 1.29 is 22.3 Å². The van der Waals surface area contributed by atoms with E-state index in [1.54, 1.807) is 4.90 Å². The first kappa shape index (κ1) is 25.7. The number of nitrogens with zero attached hydrogens (tertiary/aromatic N) is 1. The minimum absolute atomic E-state index is 0.250. The Morgan fingerprint density at radius 3 is 2.66 bits per heavy atom. The molecule has 0 fully saturated rings. The molecule has 0 radical (unpaired) electrons. The number of hydrogen-bond donors (Lipinski definition) is 1. The Bertz CT molecular complexity index is 1050. The molecule has 2 aromatic carbocycles. The number of benzene rings is 2. The van der Waals surface area contributed by atoms with Gasteiger partial charge in [0.2, 0.25) is 0 Å². The maximum absolute atomic E-state index is 13.8. The summed E-state index contributed by atoms with van der Waals surface area (Å²) in [6, 6.07) is 13.3. The molecule has 7 heteroatoms. The fourth-order valence-electron chi connectivity index (χ4n) is 5.44. The topological polar surface area (TPSA) is 24.5 Å². The Morgan fingerprint density at radius 1 is 1.11 bits per heavy atom. The monoisotopic (exact) mass is 490 g/mol. The highest BCUT2D eigenvalue weighted by Gasteiger charge is 2.44. The summed E-state index contributed by atoms with van der Waals surface area (Å²) in [6.07, 6.45) is -1.82. The highest BCUT2D eigenvalue weighted by Crippen LogP contribution is 2.50. The van der Waals surface area contributed by atoms with E-state index in [0.29, 0.717) is 44.7 Å². The van der Waals surface area contributed by atoms with Gasteiger partial charge in [-0.1, -0.05) is 37.3 Å². The van der Waals surface area contributed by atoms with Crippen LogP contribution in [0.2, 0.25) is 0 Å². The second-order valence-corrected chi connectivity index (χ2v) is 9.44. The van der Waals surface area contributed by atoms with Crippen molar-refractivity contribution in [2.75, 3.05) is 32.9 Å². The molecule has 3 nitrogen and oxygen atoms in total. The summed E-state index contributed by atoms with van der Waals surface area (Å²) in [4.78, 5) is 1.63. The first-order chi connectivity index (χ1) is 16.8. The molecule has 4 rings (SSSR count). The normalized spacial score (nSPS) is 20.2. The van der Waals surface area contributed by atoms with Gasteiger partial charge in [-0.15, -0.1) is 0 Å². The van der Waals surface area contributed by atoms with E-state index < -0.39 is 18.8 Å². The van der Waals surface area contributed by atoms with Crippen LogP contribution in [-0.4, -0.2) is 50.0 Å². The van der Waals surface area contributed by atoms with Gasteiger partial charge in [-0.2, -0.15) is 13.2 Å². The lowest BCUT2D eigenvalue weighted by Crippen LogP contribution is -2.46. The van der Waals surface area contributed by atoms with Gasteiger partial charge >= 0.3 is 6.18 Å². The summed E-state index contributed by atoms with van der Waals surface area (Å²) in [5, 5.41) is 3.13. The van der Waals surface area contributed by atoms with Gasteiger partial charge in [0.15, 0.2) is 0 Å². The van der Waals surface area contributed by atoms with Crippen molar-refractivity contribution in [3.8, 4) is 5.75 Å². The highest BCUT2D eigenvalue weighted by molar-refractivity contribution is 5.79. The van der Waals surface area contributed by atoms with Gasteiger partial charge in [0.1, 0.15) is 12.4 Å². The first-order valence-corrected chi connectivity index (χ1v) is 12.5. The van der Waals surface area contributed by atoms with Gasteiger partial charge in [0.05, 0.1) is 19.3 Å². The van der Waals surface area contributed by atoms with E-state index in [1.165, 1.54) is 16.7 Å². The quantitative estimate of drug-likeness (QED) is 0.313. The number of rotatable bonds is 10. The molecule has 0 saturated carbocycles. The van der Waals surface area contributed by atoms with E-state index in [9.17, 15) is 17.6 Å². The summed E-state index contributed by atoms with van der Waals surface area (Å²) in [5.74, 6) is 0.646. The summed E-state index contributed by atoms with van der Waals surface area (Å²) in [7, 11) is 0. The summed E-state index contributed by atoms with van der Waals surface area (Å²) in [5.41, 5.74) is 6.57. The maximum atomic E-state index is 13.8. The SMILES string of the molecule is CCc1ccc(OCCNCCCF)cc1[C@@H]1C2=C(C[C@@H](C)N1CC(F)(F)F)c1ccccc1C2. The van der Waals surface area contributed by atoms with E-state index >= 15 is 0 Å². The molecule has 0 aromatic heterocycles. The predicted octanol–water partition coefficient (Wildman–Crippen LogP) is 6.28. The van der Waals surface area contributed by atoms with Crippen LogP contribution in [-0.2, 0) is 12.8 Å². The molecule has 2 aliphatic rings. The second-order valence-electron chi connectivity index (χ2n) is 9.44. The van der Waals surface area contributed by atoms with Crippen LogP contribution in [0.25, 0.3) is 5.57 Å². The zero-order chi connectivity index (χ0) is 25.0. The first-order valence-electron chi connectivity index (χ1n) is 12.5. The third-order valence-electron chi connectivity index (χ3n) is 7.03. The molecule has 0 unspecified atom stereocenters. The van der Waals surface area contributed by atoms with Crippen LogP contribution >= 0.6 is 0 Å². The van der Waals surface area contributed by atoms with Crippen LogP contribution in [0.1, 0.15) is 55.0 Å². The van der Waals surface area contributed by atoms with E-state index in [0.717, 1.165) is 23.1 Å². The van der Waals surface area contributed by atoms with Crippen molar-refractivity contribution in [2.24, 2.45) is 0 Å². The Morgan fingerprint density at radius 2 is 1.91 bits per heavy atom. The lowest BCUT2D eigenvalue weighted by atomic mass is 9.83.